The number of halogens is 1. The number of aryl methyl sites for hydroxylation is 1. The summed E-state index contributed by atoms with van der Waals surface area (Å²) in [6, 6.07) is 7.52. The van der Waals surface area contributed by atoms with Crippen molar-refractivity contribution in [2.75, 3.05) is 13.6 Å². The van der Waals surface area contributed by atoms with Crippen LogP contribution in [0.4, 0.5) is 0 Å². The number of carbonyl (C=O) groups excluding carboxylic acids is 1. The van der Waals surface area contributed by atoms with Crippen molar-refractivity contribution >= 4 is 33.0 Å². The number of rotatable bonds is 5. The van der Waals surface area contributed by atoms with E-state index >= 15 is 0 Å². The Labute approximate surface area is 125 Å². The summed E-state index contributed by atoms with van der Waals surface area (Å²) in [5.41, 5.74) is 3.62. The molecule has 0 amide bonds. The zero-order valence-corrected chi connectivity index (χ0v) is 13.3. The second kappa shape index (κ2) is 6.41. The smallest absolute Gasteiger partial charge is 0.177 e. The van der Waals surface area contributed by atoms with Gasteiger partial charge in [0.25, 0.3) is 0 Å². The van der Waals surface area contributed by atoms with Gasteiger partial charge in [0.05, 0.1) is 17.7 Å². The Morgan fingerprint density at radius 1 is 1.42 bits per heavy atom. The number of ketones is 1. The van der Waals surface area contributed by atoms with Crippen molar-refractivity contribution in [3.05, 3.63) is 50.4 Å². The molecule has 0 aliphatic carbocycles. The summed E-state index contributed by atoms with van der Waals surface area (Å²) in [4.78, 5) is 19.7. The van der Waals surface area contributed by atoms with E-state index < -0.39 is 0 Å². The molecule has 100 valence electrons. The van der Waals surface area contributed by atoms with Gasteiger partial charge in [-0.15, -0.1) is 11.3 Å². The maximum absolute atomic E-state index is 12.2. The van der Waals surface area contributed by atoms with Gasteiger partial charge >= 0.3 is 0 Å². The van der Waals surface area contributed by atoms with Crippen molar-refractivity contribution in [2.24, 2.45) is 0 Å². The standard InChI is InChI=1S/C14H15BrN2OS/c1-10-14(19-9-16-10)8-17(2)7-13(18)11-5-3-4-6-12(11)15/h3-6,9H,7-8H2,1-2H3. The molecule has 1 aromatic carbocycles. The van der Waals surface area contributed by atoms with Crippen molar-refractivity contribution < 1.29 is 4.79 Å². The first-order chi connectivity index (χ1) is 9.08. The first kappa shape index (κ1) is 14.4. The lowest BCUT2D eigenvalue weighted by Crippen LogP contribution is -2.25. The van der Waals surface area contributed by atoms with E-state index in [0.29, 0.717) is 6.54 Å². The summed E-state index contributed by atoms with van der Waals surface area (Å²) in [5.74, 6) is 0.122. The molecule has 0 unspecified atom stereocenters. The number of hydrogen-bond donors (Lipinski definition) is 0. The summed E-state index contributed by atoms with van der Waals surface area (Å²) in [6.07, 6.45) is 0. The van der Waals surface area contributed by atoms with Crippen molar-refractivity contribution in [3.63, 3.8) is 0 Å². The molecule has 3 nitrogen and oxygen atoms in total. The zero-order valence-electron chi connectivity index (χ0n) is 10.9. The van der Waals surface area contributed by atoms with Gasteiger partial charge in [-0.3, -0.25) is 9.69 Å². The van der Waals surface area contributed by atoms with Gasteiger partial charge in [-0.2, -0.15) is 0 Å². The fraction of sp³-hybridized carbons (Fsp3) is 0.286. The molecule has 0 saturated heterocycles. The Bertz CT molecular complexity index is 582. The summed E-state index contributed by atoms with van der Waals surface area (Å²) >= 11 is 5.04. The SMILES string of the molecule is Cc1ncsc1CN(C)CC(=O)c1ccccc1Br. The lowest BCUT2D eigenvalue weighted by atomic mass is 10.1. The van der Waals surface area contributed by atoms with Crippen LogP contribution in [0.15, 0.2) is 34.2 Å². The third kappa shape index (κ3) is 3.72. The minimum Gasteiger partial charge on any atom is -0.294 e. The first-order valence-corrected chi connectivity index (χ1v) is 7.60. The zero-order chi connectivity index (χ0) is 13.8. The third-order valence-corrected chi connectivity index (χ3v) is 4.46. The third-order valence-electron chi connectivity index (χ3n) is 2.85. The molecule has 2 aromatic rings. The van der Waals surface area contributed by atoms with Crippen LogP contribution in [0.25, 0.3) is 0 Å². The summed E-state index contributed by atoms with van der Waals surface area (Å²) in [5, 5.41) is 0. The van der Waals surface area contributed by atoms with E-state index in [1.54, 1.807) is 11.3 Å². The van der Waals surface area contributed by atoms with Crippen LogP contribution in [-0.2, 0) is 6.54 Å². The maximum atomic E-state index is 12.2. The number of hydrogen-bond acceptors (Lipinski definition) is 4. The second-order valence-electron chi connectivity index (χ2n) is 4.44. The molecule has 0 spiro atoms. The summed E-state index contributed by atoms with van der Waals surface area (Å²) < 4.78 is 0.849. The molecule has 1 heterocycles. The largest absolute Gasteiger partial charge is 0.294 e. The number of benzene rings is 1. The Morgan fingerprint density at radius 2 is 2.16 bits per heavy atom. The fourth-order valence-corrected chi connectivity index (χ4v) is 3.16. The lowest BCUT2D eigenvalue weighted by Gasteiger charge is -2.15. The van der Waals surface area contributed by atoms with Gasteiger partial charge in [-0.25, -0.2) is 4.98 Å². The van der Waals surface area contributed by atoms with Gasteiger partial charge in [0, 0.05) is 21.5 Å². The maximum Gasteiger partial charge on any atom is 0.177 e. The normalized spacial score (nSPS) is 10.9. The van der Waals surface area contributed by atoms with Crippen LogP contribution in [0.3, 0.4) is 0 Å². The molecule has 0 aliphatic rings. The molecule has 0 N–H and O–H groups in total. The Balaban J connectivity index is 2.00. The molecule has 0 radical (unpaired) electrons. The van der Waals surface area contributed by atoms with Crippen molar-refractivity contribution in [1.29, 1.82) is 0 Å². The highest BCUT2D eigenvalue weighted by Crippen LogP contribution is 2.18. The van der Waals surface area contributed by atoms with Crippen LogP contribution in [0, 0.1) is 6.92 Å². The van der Waals surface area contributed by atoms with Gasteiger partial charge in [0.2, 0.25) is 0 Å². The molecule has 19 heavy (non-hydrogen) atoms. The van der Waals surface area contributed by atoms with E-state index in [0.717, 1.165) is 22.3 Å². The molecule has 0 aliphatic heterocycles. The molecular formula is C14H15BrN2OS. The van der Waals surface area contributed by atoms with Gasteiger partial charge in [0.1, 0.15) is 0 Å². The Kier molecular flexibility index (Phi) is 4.85. The Hall–Kier alpha value is -1.04. The average molecular weight is 339 g/mol. The number of carbonyl (C=O) groups is 1. The van der Waals surface area contributed by atoms with Gasteiger partial charge in [0.15, 0.2) is 5.78 Å². The van der Waals surface area contributed by atoms with Gasteiger partial charge in [-0.05, 0) is 20.0 Å². The molecule has 0 bridgehead atoms. The molecule has 1 aromatic heterocycles. The van der Waals surface area contributed by atoms with Gasteiger partial charge in [-0.1, -0.05) is 34.1 Å². The van der Waals surface area contributed by atoms with Crippen molar-refractivity contribution in [3.8, 4) is 0 Å². The number of thiazole rings is 1. The molecule has 0 atom stereocenters. The minimum absolute atomic E-state index is 0.122. The van der Waals surface area contributed by atoms with Crippen molar-refractivity contribution in [1.82, 2.24) is 9.88 Å². The summed E-state index contributed by atoms with van der Waals surface area (Å²) in [6.45, 7) is 3.15. The summed E-state index contributed by atoms with van der Waals surface area (Å²) in [7, 11) is 1.95. The second-order valence-corrected chi connectivity index (χ2v) is 6.23. The van der Waals surface area contributed by atoms with E-state index in [2.05, 4.69) is 20.9 Å². The topological polar surface area (TPSA) is 33.2 Å². The highest BCUT2D eigenvalue weighted by atomic mass is 79.9. The van der Waals surface area contributed by atoms with Crippen LogP contribution < -0.4 is 0 Å². The molecular weight excluding hydrogens is 324 g/mol. The molecule has 2 rings (SSSR count). The predicted molar refractivity (Wildman–Crippen MR) is 81.7 cm³/mol. The quantitative estimate of drug-likeness (QED) is 0.782. The van der Waals surface area contributed by atoms with Crippen LogP contribution in [0.1, 0.15) is 20.9 Å². The fourth-order valence-electron chi connectivity index (χ4n) is 1.80. The van der Waals surface area contributed by atoms with E-state index in [1.165, 1.54) is 4.88 Å². The van der Waals surface area contributed by atoms with Crippen LogP contribution in [0.5, 0.6) is 0 Å². The first-order valence-electron chi connectivity index (χ1n) is 5.93. The van der Waals surface area contributed by atoms with E-state index in [1.807, 2.05) is 48.6 Å². The molecule has 5 heteroatoms. The number of likely N-dealkylation sites (N-methyl/N-ethyl adjacent to an activating group) is 1. The predicted octanol–water partition coefficient (Wildman–Crippen LogP) is 3.53. The van der Waals surface area contributed by atoms with Crippen LogP contribution in [-0.4, -0.2) is 29.3 Å². The lowest BCUT2D eigenvalue weighted by molar-refractivity contribution is 0.0942. The van der Waals surface area contributed by atoms with Crippen LogP contribution in [0.2, 0.25) is 0 Å². The molecule has 0 fully saturated rings. The van der Waals surface area contributed by atoms with Crippen LogP contribution >= 0.6 is 27.3 Å². The van der Waals surface area contributed by atoms with Gasteiger partial charge < -0.3 is 0 Å². The number of Topliss-reactive ketones (excluding diaryl/α,β-unsaturated/α-hetero) is 1. The highest BCUT2D eigenvalue weighted by molar-refractivity contribution is 9.10. The Morgan fingerprint density at radius 3 is 2.79 bits per heavy atom. The number of aromatic nitrogens is 1. The van der Waals surface area contributed by atoms with E-state index in [-0.39, 0.29) is 5.78 Å². The number of nitrogens with zero attached hydrogens (tertiary/aromatic N) is 2. The highest BCUT2D eigenvalue weighted by Gasteiger charge is 2.13. The molecule has 0 saturated carbocycles. The average Bonchev–Trinajstić information content (AvgIpc) is 2.75. The van der Waals surface area contributed by atoms with E-state index in [4.69, 9.17) is 0 Å². The van der Waals surface area contributed by atoms with Crippen molar-refractivity contribution in [2.45, 2.75) is 13.5 Å². The minimum atomic E-state index is 0.122. The monoisotopic (exact) mass is 338 g/mol. The van der Waals surface area contributed by atoms with E-state index in [9.17, 15) is 4.79 Å².